The van der Waals surface area contributed by atoms with E-state index in [1.54, 1.807) is 19.1 Å². The Hall–Kier alpha value is -3.22. The van der Waals surface area contributed by atoms with Crippen LogP contribution >= 0.6 is 0 Å². The molecule has 2 nitrogen and oxygen atoms in total. The van der Waals surface area contributed by atoms with E-state index in [2.05, 4.69) is 0 Å². The average Bonchev–Trinajstić information content (AvgIpc) is 2.79. The molecule has 0 spiro atoms. The minimum atomic E-state index is -3.29. The zero-order valence-corrected chi connectivity index (χ0v) is 18.2. The van der Waals surface area contributed by atoms with Gasteiger partial charge < -0.3 is 4.74 Å². The van der Waals surface area contributed by atoms with Gasteiger partial charge >= 0.3 is 0 Å². The fourth-order valence-corrected chi connectivity index (χ4v) is 3.65. The van der Waals surface area contributed by atoms with Gasteiger partial charge in [0.1, 0.15) is 0 Å². The second-order valence-electron chi connectivity index (χ2n) is 7.52. The van der Waals surface area contributed by atoms with Crippen LogP contribution in [0, 0.1) is 17.5 Å². The van der Waals surface area contributed by atoms with Crippen molar-refractivity contribution in [3.05, 3.63) is 88.2 Å². The van der Waals surface area contributed by atoms with E-state index in [1.165, 1.54) is 12.1 Å². The molecule has 0 fully saturated rings. The van der Waals surface area contributed by atoms with Gasteiger partial charge in [0, 0.05) is 17.5 Å². The second-order valence-corrected chi connectivity index (χ2v) is 7.52. The van der Waals surface area contributed by atoms with E-state index in [4.69, 9.17) is 4.74 Å². The zero-order chi connectivity index (χ0) is 24.1. The molecule has 0 saturated carbocycles. The Morgan fingerprint density at radius 3 is 2.18 bits per heavy atom. The summed E-state index contributed by atoms with van der Waals surface area (Å²) in [6.07, 6.45) is -2.17. The Labute approximate surface area is 189 Å². The van der Waals surface area contributed by atoms with E-state index < -0.39 is 53.0 Å². The third-order valence-corrected chi connectivity index (χ3v) is 5.28. The highest BCUT2D eigenvalue weighted by Crippen LogP contribution is 2.33. The number of rotatable bonds is 9. The first-order valence-electron chi connectivity index (χ1n) is 10.6. The summed E-state index contributed by atoms with van der Waals surface area (Å²) in [6, 6.07) is 11.7. The van der Waals surface area contributed by atoms with Gasteiger partial charge in [-0.2, -0.15) is 0 Å². The lowest BCUT2D eigenvalue weighted by Crippen LogP contribution is -2.12. The number of carbonyl (C=O) groups excluding carboxylic acids is 1. The highest BCUT2D eigenvalue weighted by Gasteiger charge is 2.27. The van der Waals surface area contributed by atoms with Gasteiger partial charge in [-0.25, -0.2) is 22.0 Å². The Bertz CT molecular complexity index is 1140. The number of hydrogen-bond donors (Lipinski definition) is 0. The van der Waals surface area contributed by atoms with Gasteiger partial charge in [0.15, 0.2) is 29.0 Å². The Morgan fingerprint density at radius 1 is 0.879 bits per heavy atom. The number of Topliss-reactive ketones (excluding diaryl/α,β-unsaturated/α-hetero) is 1. The van der Waals surface area contributed by atoms with E-state index >= 15 is 0 Å². The Kier molecular flexibility index (Phi) is 7.84. The zero-order valence-electron chi connectivity index (χ0n) is 18.2. The molecule has 0 aromatic heterocycles. The third-order valence-electron chi connectivity index (χ3n) is 5.28. The maximum atomic E-state index is 14.8. The average molecular weight is 462 g/mol. The SMILES string of the molecule is CCCc1ccc(-c2ccc(CC(=O)c3ccc(OCC)c(F)c3C(F)F)c(F)c2F)cc1. The molecule has 0 aliphatic rings. The predicted octanol–water partition coefficient (Wildman–Crippen LogP) is 7.49. The molecule has 7 heteroatoms. The van der Waals surface area contributed by atoms with Crippen molar-refractivity contribution in [3.8, 4) is 16.9 Å². The van der Waals surface area contributed by atoms with Crippen LogP contribution in [0.1, 0.15) is 53.7 Å². The molecule has 33 heavy (non-hydrogen) atoms. The van der Waals surface area contributed by atoms with Gasteiger partial charge in [-0.3, -0.25) is 4.79 Å². The molecule has 3 aromatic carbocycles. The summed E-state index contributed by atoms with van der Waals surface area (Å²) >= 11 is 0. The summed E-state index contributed by atoms with van der Waals surface area (Å²) in [5.41, 5.74) is -0.457. The summed E-state index contributed by atoms with van der Waals surface area (Å²) in [5, 5.41) is 0. The van der Waals surface area contributed by atoms with Crippen LogP contribution in [-0.2, 0) is 12.8 Å². The maximum Gasteiger partial charge on any atom is 0.267 e. The molecule has 0 atom stereocenters. The molecule has 3 aromatic rings. The second kappa shape index (κ2) is 10.6. The van der Waals surface area contributed by atoms with Crippen molar-refractivity contribution < 1.29 is 31.5 Å². The summed E-state index contributed by atoms with van der Waals surface area (Å²) in [5.74, 6) is -5.09. The first kappa shape index (κ1) is 24.4. The minimum absolute atomic E-state index is 0.0205. The van der Waals surface area contributed by atoms with Gasteiger partial charge in [-0.1, -0.05) is 49.7 Å². The molecular formula is C26H23F5O2. The molecule has 0 bridgehead atoms. The molecule has 0 radical (unpaired) electrons. The van der Waals surface area contributed by atoms with Crippen molar-refractivity contribution in [2.24, 2.45) is 0 Å². The summed E-state index contributed by atoms with van der Waals surface area (Å²) in [6.45, 7) is 3.64. The number of aryl methyl sites for hydroxylation is 1. The van der Waals surface area contributed by atoms with Gasteiger partial charge in [-0.05, 0) is 42.2 Å². The normalized spacial score (nSPS) is 11.2. The predicted molar refractivity (Wildman–Crippen MR) is 116 cm³/mol. The summed E-state index contributed by atoms with van der Waals surface area (Å²) in [4.78, 5) is 12.6. The summed E-state index contributed by atoms with van der Waals surface area (Å²) in [7, 11) is 0. The number of ketones is 1. The number of benzene rings is 3. The fraction of sp³-hybridized carbons (Fsp3) is 0.269. The van der Waals surface area contributed by atoms with Crippen molar-refractivity contribution in [1.82, 2.24) is 0 Å². The molecule has 0 aliphatic heterocycles. The molecule has 0 heterocycles. The largest absolute Gasteiger partial charge is 0.491 e. The molecular weight excluding hydrogens is 439 g/mol. The summed E-state index contributed by atoms with van der Waals surface area (Å²) < 4.78 is 75.9. The highest BCUT2D eigenvalue weighted by molar-refractivity contribution is 5.99. The van der Waals surface area contributed by atoms with E-state index in [9.17, 15) is 26.7 Å². The van der Waals surface area contributed by atoms with Crippen LogP contribution in [0.5, 0.6) is 5.75 Å². The first-order valence-corrected chi connectivity index (χ1v) is 10.6. The van der Waals surface area contributed by atoms with Crippen LogP contribution in [-0.4, -0.2) is 12.4 Å². The first-order chi connectivity index (χ1) is 15.8. The van der Waals surface area contributed by atoms with E-state index in [0.29, 0.717) is 5.56 Å². The number of halogens is 5. The number of ether oxygens (including phenoxy) is 1. The van der Waals surface area contributed by atoms with Gasteiger partial charge in [0.2, 0.25) is 0 Å². The third kappa shape index (κ3) is 5.24. The van der Waals surface area contributed by atoms with Gasteiger partial charge in [0.25, 0.3) is 6.43 Å². The van der Waals surface area contributed by atoms with Crippen molar-refractivity contribution in [1.29, 1.82) is 0 Å². The Morgan fingerprint density at radius 2 is 1.58 bits per heavy atom. The molecule has 0 N–H and O–H groups in total. The fourth-order valence-electron chi connectivity index (χ4n) is 3.65. The quantitative estimate of drug-likeness (QED) is 0.243. The maximum absolute atomic E-state index is 14.8. The van der Waals surface area contributed by atoms with E-state index in [-0.39, 0.29) is 17.7 Å². The standard InChI is InChI=1S/C26H23F5O2/c1-3-5-15-6-8-16(9-7-15)18-11-10-17(23(27)24(18)28)14-20(32)19-12-13-21(33-4-2)25(29)22(19)26(30)31/h6-13,26H,3-5,14H2,1-2H3. The van der Waals surface area contributed by atoms with Gasteiger partial charge in [0.05, 0.1) is 12.2 Å². The topological polar surface area (TPSA) is 26.3 Å². The number of alkyl halides is 2. The molecule has 0 saturated heterocycles. The molecule has 174 valence electrons. The lowest BCUT2D eigenvalue weighted by Gasteiger charge is -2.14. The number of carbonyl (C=O) groups is 1. The van der Waals surface area contributed by atoms with Gasteiger partial charge in [-0.15, -0.1) is 0 Å². The van der Waals surface area contributed by atoms with Crippen LogP contribution in [0.25, 0.3) is 11.1 Å². The van der Waals surface area contributed by atoms with Crippen molar-refractivity contribution in [2.45, 2.75) is 39.5 Å². The lowest BCUT2D eigenvalue weighted by atomic mass is 9.95. The van der Waals surface area contributed by atoms with E-state index in [0.717, 1.165) is 30.5 Å². The minimum Gasteiger partial charge on any atom is -0.491 e. The molecule has 0 amide bonds. The van der Waals surface area contributed by atoms with Crippen LogP contribution in [0.3, 0.4) is 0 Å². The molecule has 0 unspecified atom stereocenters. The van der Waals surface area contributed by atoms with Crippen LogP contribution in [0.15, 0.2) is 48.5 Å². The highest BCUT2D eigenvalue weighted by atomic mass is 19.3. The Balaban J connectivity index is 1.91. The van der Waals surface area contributed by atoms with Crippen molar-refractivity contribution in [3.63, 3.8) is 0 Å². The van der Waals surface area contributed by atoms with E-state index in [1.807, 2.05) is 19.1 Å². The van der Waals surface area contributed by atoms with Crippen LogP contribution in [0.4, 0.5) is 22.0 Å². The lowest BCUT2D eigenvalue weighted by molar-refractivity contribution is 0.0974. The monoisotopic (exact) mass is 462 g/mol. The number of hydrogen-bond acceptors (Lipinski definition) is 2. The smallest absolute Gasteiger partial charge is 0.267 e. The van der Waals surface area contributed by atoms with Crippen LogP contribution < -0.4 is 4.74 Å². The van der Waals surface area contributed by atoms with Crippen LogP contribution in [0.2, 0.25) is 0 Å². The molecule has 3 rings (SSSR count). The molecule has 0 aliphatic carbocycles. The van der Waals surface area contributed by atoms with Crippen molar-refractivity contribution in [2.75, 3.05) is 6.61 Å². The van der Waals surface area contributed by atoms with Crippen molar-refractivity contribution >= 4 is 5.78 Å².